The number of sulfonamides is 1. The second kappa shape index (κ2) is 6.97. The zero-order chi connectivity index (χ0) is 17.0. The van der Waals surface area contributed by atoms with Crippen LogP contribution in [-0.4, -0.2) is 22.6 Å². The smallest absolute Gasteiger partial charge is 0.244 e. The molecule has 0 saturated heterocycles. The third-order valence-electron chi connectivity index (χ3n) is 3.36. The molecule has 0 unspecified atom stereocenters. The Bertz CT molecular complexity index is 792. The van der Waals surface area contributed by atoms with Gasteiger partial charge in [-0.1, -0.05) is 12.1 Å². The Kier molecular flexibility index (Phi) is 5.23. The highest BCUT2D eigenvalue weighted by Crippen LogP contribution is 2.30. The molecule has 2 aromatic carbocycles. The van der Waals surface area contributed by atoms with Crippen molar-refractivity contribution in [2.24, 2.45) is 0 Å². The minimum absolute atomic E-state index is 0.395. The number of rotatable bonds is 6. The van der Waals surface area contributed by atoms with Gasteiger partial charge in [-0.15, -0.1) is 0 Å². The lowest BCUT2D eigenvalue weighted by atomic mass is 10.1. The maximum atomic E-state index is 13.7. The lowest BCUT2D eigenvalue weighted by molar-refractivity contribution is 0.395. The summed E-state index contributed by atoms with van der Waals surface area (Å²) in [7, 11) is -1.00. The van der Waals surface area contributed by atoms with Crippen molar-refractivity contribution in [3.8, 4) is 11.5 Å². The molecule has 5 nitrogen and oxygen atoms in total. The molecule has 0 aliphatic carbocycles. The molecule has 1 atom stereocenters. The third kappa shape index (κ3) is 3.80. The Labute approximate surface area is 135 Å². The second-order valence-electron chi connectivity index (χ2n) is 4.88. The Balaban J connectivity index is 2.35. The van der Waals surface area contributed by atoms with E-state index in [4.69, 9.17) is 9.47 Å². The Hall–Kier alpha value is -2.12. The van der Waals surface area contributed by atoms with Gasteiger partial charge in [0.2, 0.25) is 10.0 Å². The monoisotopic (exact) mass is 339 g/mol. The average Bonchev–Trinajstić information content (AvgIpc) is 2.54. The summed E-state index contributed by atoms with van der Waals surface area (Å²) < 4.78 is 51.3. The molecule has 0 heterocycles. The molecular weight excluding hydrogens is 321 g/mol. The fourth-order valence-electron chi connectivity index (χ4n) is 2.20. The number of halogens is 1. The summed E-state index contributed by atoms with van der Waals surface area (Å²) in [4.78, 5) is -0.395. The van der Waals surface area contributed by atoms with Crippen molar-refractivity contribution >= 4 is 10.0 Å². The number of hydrogen-bond donors (Lipinski definition) is 1. The summed E-state index contributed by atoms with van der Waals surface area (Å²) >= 11 is 0. The number of ether oxygens (including phenoxy) is 2. The van der Waals surface area contributed by atoms with Gasteiger partial charge >= 0.3 is 0 Å². The van der Waals surface area contributed by atoms with E-state index in [2.05, 4.69) is 4.72 Å². The molecule has 0 spiro atoms. The van der Waals surface area contributed by atoms with Crippen LogP contribution in [-0.2, 0) is 10.0 Å². The first-order valence-corrected chi connectivity index (χ1v) is 8.36. The van der Waals surface area contributed by atoms with Gasteiger partial charge in [0.05, 0.1) is 14.2 Å². The molecule has 0 radical (unpaired) electrons. The average molecular weight is 339 g/mol. The highest BCUT2D eigenvalue weighted by Gasteiger charge is 2.23. The number of benzene rings is 2. The van der Waals surface area contributed by atoms with Crippen LogP contribution in [0.2, 0.25) is 0 Å². The van der Waals surface area contributed by atoms with Crippen LogP contribution >= 0.6 is 0 Å². The van der Waals surface area contributed by atoms with Crippen molar-refractivity contribution in [2.45, 2.75) is 17.9 Å². The normalized spacial score (nSPS) is 12.7. The second-order valence-corrected chi connectivity index (χ2v) is 6.56. The van der Waals surface area contributed by atoms with Crippen LogP contribution in [0.25, 0.3) is 0 Å². The molecule has 0 fully saturated rings. The van der Waals surface area contributed by atoms with Crippen molar-refractivity contribution in [1.82, 2.24) is 4.72 Å². The number of hydrogen-bond acceptors (Lipinski definition) is 4. The first kappa shape index (κ1) is 17.2. The lowest BCUT2D eigenvalue weighted by Crippen LogP contribution is -2.28. The van der Waals surface area contributed by atoms with Crippen LogP contribution in [0.5, 0.6) is 11.5 Å². The number of methoxy groups -OCH3 is 2. The van der Waals surface area contributed by atoms with Crippen molar-refractivity contribution in [2.75, 3.05) is 14.2 Å². The molecule has 2 aromatic rings. The zero-order valence-corrected chi connectivity index (χ0v) is 13.9. The van der Waals surface area contributed by atoms with Gasteiger partial charge < -0.3 is 9.47 Å². The van der Waals surface area contributed by atoms with E-state index >= 15 is 0 Å². The molecule has 124 valence electrons. The molecule has 0 bridgehead atoms. The maximum absolute atomic E-state index is 13.7. The summed E-state index contributed by atoms with van der Waals surface area (Å²) in [6.07, 6.45) is 0. The Morgan fingerprint density at radius 2 is 1.78 bits per heavy atom. The van der Waals surface area contributed by atoms with E-state index in [0.717, 1.165) is 6.07 Å². The summed E-state index contributed by atoms with van der Waals surface area (Å²) in [5.41, 5.74) is 0.590. The van der Waals surface area contributed by atoms with Crippen LogP contribution in [0.1, 0.15) is 18.5 Å². The van der Waals surface area contributed by atoms with E-state index < -0.39 is 26.8 Å². The molecule has 0 aliphatic heterocycles. The predicted molar refractivity (Wildman–Crippen MR) is 84.7 cm³/mol. The summed E-state index contributed by atoms with van der Waals surface area (Å²) in [6, 6.07) is 9.65. The molecule has 1 N–H and O–H groups in total. The van der Waals surface area contributed by atoms with E-state index in [-0.39, 0.29) is 0 Å². The van der Waals surface area contributed by atoms with E-state index in [0.29, 0.717) is 17.1 Å². The van der Waals surface area contributed by atoms with Gasteiger partial charge in [0.1, 0.15) is 22.2 Å². The van der Waals surface area contributed by atoms with Crippen LogP contribution in [0.15, 0.2) is 47.4 Å². The molecule has 0 amide bonds. The molecule has 0 aromatic heterocycles. The zero-order valence-electron chi connectivity index (χ0n) is 13.0. The fraction of sp³-hybridized carbons (Fsp3) is 0.250. The van der Waals surface area contributed by atoms with Crippen LogP contribution in [0.3, 0.4) is 0 Å². The van der Waals surface area contributed by atoms with Crippen LogP contribution in [0, 0.1) is 5.82 Å². The van der Waals surface area contributed by atoms with Gasteiger partial charge in [0, 0.05) is 11.6 Å². The van der Waals surface area contributed by atoms with Gasteiger partial charge in [0.25, 0.3) is 0 Å². The quantitative estimate of drug-likeness (QED) is 0.879. The molecule has 7 heteroatoms. The summed E-state index contributed by atoms with van der Waals surface area (Å²) in [5, 5.41) is 0. The van der Waals surface area contributed by atoms with E-state index in [1.54, 1.807) is 25.1 Å². The van der Waals surface area contributed by atoms with E-state index in [1.165, 1.54) is 32.4 Å². The van der Waals surface area contributed by atoms with Crippen molar-refractivity contribution < 1.29 is 22.3 Å². The van der Waals surface area contributed by atoms with Gasteiger partial charge in [-0.3, -0.25) is 0 Å². The highest BCUT2D eigenvalue weighted by molar-refractivity contribution is 7.89. The summed E-state index contributed by atoms with van der Waals surface area (Å²) in [6.45, 7) is 1.65. The Morgan fingerprint density at radius 3 is 2.39 bits per heavy atom. The SMILES string of the molecule is COc1ccc(OC)c([C@H](C)NS(=O)(=O)c2ccccc2F)c1. The van der Waals surface area contributed by atoms with Gasteiger partial charge in [-0.05, 0) is 37.3 Å². The van der Waals surface area contributed by atoms with Gasteiger partial charge in [-0.2, -0.15) is 0 Å². The van der Waals surface area contributed by atoms with Crippen LogP contribution < -0.4 is 14.2 Å². The first-order valence-electron chi connectivity index (χ1n) is 6.88. The number of nitrogens with one attached hydrogen (secondary N) is 1. The lowest BCUT2D eigenvalue weighted by Gasteiger charge is -2.18. The topological polar surface area (TPSA) is 64.6 Å². The van der Waals surface area contributed by atoms with Crippen molar-refractivity contribution in [3.63, 3.8) is 0 Å². The fourth-order valence-corrected chi connectivity index (χ4v) is 3.50. The highest BCUT2D eigenvalue weighted by atomic mass is 32.2. The minimum Gasteiger partial charge on any atom is -0.497 e. The maximum Gasteiger partial charge on any atom is 0.244 e. The molecule has 2 rings (SSSR count). The largest absolute Gasteiger partial charge is 0.497 e. The molecule has 23 heavy (non-hydrogen) atoms. The van der Waals surface area contributed by atoms with Gasteiger partial charge in [0.15, 0.2) is 0 Å². The summed E-state index contributed by atoms with van der Waals surface area (Å²) in [5.74, 6) is 0.275. The predicted octanol–water partition coefficient (Wildman–Crippen LogP) is 2.88. The Morgan fingerprint density at radius 1 is 1.09 bits per heavy atom. The van der Waals surface area contributed by atoms with Crippen molar-refractivity contribution in [1.29, 1.82) is 0 Å². The first-order chi connectivity index (χ1) is 10.9. The van der Waals surface area contributed by atoms with Gasteiger partial charge in [-0.25, -0.2) is 17.5 Å². The third-order valence-corrected chi connectivity index (χ3v) is 4.94. The minimum atomic E-state index is -4.00. The van der Waals surface area contributed by atoms with Crippen LogP contribution in [0.4, 0.5) is 4.39 Å². The molecule has 0 saturated carbocycles. The van der Waals surface area contributed by atoms with Crippen molar-refractivity contribution in [3.05, 3.63) is 53.8 Å². The molecular formula is C16H18FNO4S. The molecule has 0 aliphatic rings. The van der Waals surface area contributed by atoms with E-state index in [1.807, 2.05) is 0 Å². The van der Waals surface area contributed by atoms with E-state index in [9.17, 15) is 12.8 Å². The standard InChI is InChI=1S/C16H18FNO4S/c1-11(13-10-12(21-2)8-9-15(13)22-3)18-23(19,20)16-7-5-4-6-14(16)17/h4-11,18H,1-3H3/t11-/m0/s1.